The Morgan fingerprint density at radius 2 is 1.64 bits per heavy atom. The van der Waals surface area contributed by atoms with Crippen LogP contribution in [-0.2, 0) is 25.8 Å². The molecular formula is C26H29F3N2O2. The van der Waals surface area contributed by atoms with Crippen LogP contribution in [0.15, 0.2) is 65.1 Å². The molecule has 4 nitrogen and oxygen atoms in total. The van der Waals surface area contributed by atoms with Crippen molar-refractivity contribution in [2.45, 2.75) is 59.0 Å². The largest absolute Gasteiger partial charge is 0.455 e. The Kier molecular flexibility index (Phi) is 7.32. The minimum atomic E-state index is -4.42. The van der Waals surface area contributed by atoms with Crippen LogP contribution >= 0.6 is 0 Å². The lowest BCUT2D eigenvalue weighted by molar-refractivity contribution is -0.137. The van der Waals surface area contributed by atoms with Crippen LogP contribution in [0.4, 0.5) is 13.2 Å². The molecule has 2 aromatic carbocycles. The Morgan fingerprint density at radius 1 is 0.939 bits per heavy atom. The second kappa shape index (κ2) is 9.83. The van der Waals surface area contributed by atoms with Crippen molar-refractivity contribution in [3.63, 3.8) is 0 Å². The quantitative estimate of drug-likeness (QED) is 0.450. The molecule has 3 rings (SSSR count). The number of hydrogen-bond donors (Lipinski definition) is 1. The smallest absolute Gasteiger partial charge is 0.416 e. The van der Waals surface area contributed by atoms with E-state index in [9.17, 15) is 18.0 Å². The number of aryl methyl sites for hydroxylation is 1. The number of carbonyl (C=O) groups excluding carboxylic acids is 1. The molecule has 0 bridgehead atoms. The van der Waals surface area contributed by atoms with Crippen LogP contribution in [0.5, 0.6) is 0 Å². The maximum absolute atomic E-state index is 12.9. The molecule has 0 aliphatic heterocycles. The number of rotatable bonds is 7. The number of halogens is 3. The molecule has 7 heteroatoms. The van der Waals surface area contributed by atoms with Gasteiger partial charge in [-0.05, 0) is 63.1 Å². The fraction of sp³-hybridized carbons (Fsp3) is 0.346. The fourth-order valence-electron chi connectivity index (χ4n) is 3.34. The maximum atomic E-state index is 12.9. The SMILES string of the molecule is Cc1ccc(CN(Cc2ccc(C(=O)NCc3cccc(C(F)(F)F)c3)o2)C(C)(C)C)cc1. The van der Waals surface area contributed by atoms with Crippen LogP contribution in [0.2, 0.25) is 0 Å². The van der Waals surface area contributed by atoms with Gasteiger partial charge in [-0.15, -0.1) is 0 Å². The van der Waals surface area contributed by atoms with E-state index in [-0.39, 0.29) is 17.8 Å². The van der Waals surface area contributed by atoms with Crippen LogP contribution in [0.1, 0.15) is 59.3 Å². The predicted molar refractivity (Wildman–Crippen MR) is 122 cm³/mol. The van der Waals surface area contributed by atoms with E-state index >= 15 is 0 Å². The number of carbonyl (C=O) groups is 1. The Hall–Kier alpha value is -3.06. The number of alkyl halides is 3. The maximum Gasteiger partial charge on any atom is 0.416 e. The molecule has 1 amide bonds. The van der Waals surface area contributed by atoms with Gasteiger partial charge in [0.05, 0.1) is 12.1 Å². The summed E-state index contributed by atoms with van der Waals surface area (Å²) in [6, 6.07) is 16.6. The summed E-state index contributed by atoms with van der Waals surface area (Å²) >= 11 is 0. The Bertz CT molecular complexity index is 1080. The highest BCUT2D eigenvalue weighted by Crippen LogP contribution is 2.29. The number of hydrogen-bond acceptors (Lipinski definition) is 3. The van der Waals surface area contributed by atoms with Gasteiger partial charge in [-0.1, -0.05) is 42.0 Å². The lowest BCUT2D eigenvalue weighted by Gasteiger charge is -2.35. The molecular weight excluding hydrogens is 429 g/mol. The molecule has 0 spiro atoms. The summed E-state index contributed by atoms with van der Waals surface area (Å²) in [5.41, 5.74) is 1.87. The van der Waals surface area contributed by atoms with Crippen LogP contribution in [0.25, 0.3) is 0 Å². The van der Waals surface area contributed by atoms with Gasteiger partial charge in [-0.2, -0.15) is 13.2 Å². The first-order chi connectivity index (χ1) is 15.4. The van der Waals surface area contributed by atoms with Gasteiger partial charge >= 0.3 is 6.18 Å². The van der Waals surface area contributed by atoms with Gasteiger partial charge in [0.2, 0.25) is 0 Å². The topological polar surface area (TPSA) is 45.5 Å². The Labute approximate surface area is 192 Å². The van der Waals surface area contributed by atoms with Gasteiger partial charge < -0.3 is 9.73 Å². The van der Waals surface area contributed by atoms with E-state index in [4.69, 9.17) is 4.42 Å². The Morgan fingerprint density at radius 3 is 2.27 bits per heavy atom. The second-order valence-corrected chi connectivity index (χ2v) is 9.16. The number of nitrogens with zero attached hydrogens (tertiary/aromatic N) is 1. The van der Waals surface area contributed by atoms with E-state index in [0.29, 0.717) is 17.9 Å². The van der Waals surface area contributed by atoms with Gasteiger partial charge in [0.25, 0.3) is 5.91 Å². The van der Waals surface area contributed by atoms with Gasteiger partial charge in [0.15, 0.2) is 5.76 Å². The first kappa shape index (κ1) is 24.6. The lowest BCUT2D eigenvalue weighted by Crippen LogP contribution is -2.40. The highest BCUT2D eigenvalue weighted by Gasteiger charge is 2.30. The number of nitrogens with one attached hydrogen (secondary N) is 1. The molecule has 1 N–H and O–H groups in total. The monoisotopic (exact) mass is 458 g/mol. The fourth-order valence-corrected chi connectivity index (χ4v) is 3.34. The molecule has 0 unspecified atom stereocenters. The van der Waals surface area contributed by atoms with E-state index in [1.54, 1.807) is 12.1 Å². The highest BCUT2D eigenvalue weighted by molar-refractivity contribution is 5.91. The molecule has 0 radical (unpaired) electrons. The zero-order valence-corrected chi connectivity index (χ0v) is 19.3. The Balaban J connectivity index is 1.64. The summed E-state index contributed by atoms with van der Waals surface area (Å²) in [7, 11) is 0. The standard InChI is InChI=1S/C26H29F3N2O2/c1-18-8-10-19(11-9-18)16-31(25(2,3)4)17-22-12-13-23(33-22)24(32)30-15-20-6-5-7-21(14-20)26(27,28)29/h5-14H,15-17H2,1-4H3,(H,30,32). The molecule has 33 heavy (non-hydrogen) atoms. The molecule has 0 aliphatic rings. The molecule has 1 heterocycles. The van der Waals surface area contributed by atoms with Crippen LogP contribution in [0.3, 0.4) is 0 Å². The van der Waals surface area contributed by atoms with E-state index in [1.165, 1.54) is 23.3 Å². The van der Waals surface area contributed by atoms with Crippen molar-refractivity contribution >= 4 is 5.91 Å². The number of benzene rings is 2. The van der Waals surface area contributed by atoms with Crippen molar-refractivity contribution in [2.75, 3.05) is 0 Å². The molecule has 0 aliphatic carbocycles. The van der Waals surface area contributed by atoms with Crippen LogP contribution < -0.4 is 5.32 Å². The molecule has 0 saturated carbocycles. The van der Waals surface area contributed by atoms with E-state index < -0.39 is 17.6 Å². The van der Waals surface area contributed by atoms with Gasteiger partial charge in [0.1, 0.15) is 5.76 Å². The molecule has 176 valence electrons. The summed E-state index contributed by atoms with van der Waals surface area (Å²) in [5.74, 6) is 0.293. The molecule has 0 fully saturated rings. The number of amides is 1. The summed E-state index contributed by atoms with van der Waals surface area (Å²) < 4.78 is 44.4. The minimum Gasteiger partial charge on any atom is -0.455 e. The molecule has 0 saturated heterocycles. The summed E-state index contributed by atoms with van der Waals surface area (Å²) in [4.78, 5) is 14.7. The summed E-state index contributed by atoms with van der Waals surface area (Å²) in [6.45, 7) is 9.61. The summed E-state index contributed by atoms with van der Waals surface area (Å²) in [5, 5.41) is 2.62. The van der Waals surface area contributed by atoms with Crippen molar-refractivity contribution in [1.29, 1.82) is 0 Å². The van der Waals surface area contributed by atoms with E-state index in [0.717, 1.165) is 18.7 Å². The zero-order valence-electron chi connectivity index (χ0n) is 19.3. The average molecular weight is 459 g/mol. The van der Waals surface area contributed by atoms with Crippen LogP contribution in [-0.4, -0.2) is 16.3 Å². The minimum absolute atomic E-state index is 0.0275. The van der Waals surface area contributed by atoms with Gasteiger partial charge in [-0.25, -0.2) is 0 Å². The predicted octanol–water partition coefficient (Wildman–Crippen LogP) is 6.34. The number of furan rings is 1. The van der Waals surface area contributed by atoms with Crippen molar-refractivity contribution in [1.82, 2.24) is 10.2 Å². The third-order valence-electron chi connectivity index (χ3n) is 5.38. The first-order valence-corrected chi connectivity index (χ1v) is 10.8. The lowest BCUT2D eigenvalue weighted by atomic mass is 10.0. The van der Waals surface area contributed by atoms with Crippen LogP contribution in [0, 0.1) is 6.92 Å². The third kappa shape index (κ3) is 6.96. The van der Waals surface area contributed by atoms with Crippen molar-refractivity contribution in [3.05, 3.63) is 94.4 Å². The zero-order chi connectivity index (χ0) is 24.2. The van der Waals surface area contributed by atoms with E-state index in [1.807, 2.05) is 6.92 Å². The summed E-state index contributed by atoms with van der Waals surface area (Å²) in [6.07, 6.45) is -4.42. The van der Waals surface area contributed by atoms with Crippen molar-refractivity contribution in [2.24, 2.45) is 0 Å². The average Bonchev–Trinajstić information content (AvgIpc) is 3.21. The molecule has 3 aromatic rings. The van der Waals surface area contributed by atoms with E-state index in [2.05, 4.69) is 55.3 Å². The van der Waals surface area contributed by atoms with Gasteiger partial charge in [0, 0.05) is 18.6 Å². The first-order valence-electron chi connectivity index (χ1n) is 10.8. The molecule has 1 aromatic heterocycles. The molecule has 0 atom stereocenters. The van der Waals surface area contributed by atoms with Crippen molar-refractivity contribution < 1.29 is 22.4 Å². The highest BCUT2D eigenvalue weighted by atomic mass is 19.4. The van der Waals surface area contributed by atoms with Gasteiger partial charge in [-0.3, -0.25) is 9.69 Å². The third-order valence-corrected chi connectivity index (χ3v) is 5.38. The van der Waals surface area contributed by atoms with Crippen molar-refractivity contribution in [3.8, 4) is 0 Å². The second-order valence-electron chi connectivity index (χ2n) is 9.16. The normalized spacial score (nSPS) is 12.2.